The van der Waals surface area contributed by atoms with Crippen molar-refractivity contribution in [3.05, 3.63) is 17.0 Å². The predicted molar refractivity (Wildman–Crippen MR) is 66.3 cm³/mol. The molecule has 1 heterocycles. The topological polar surface area (TPSA) is 125 Å². The first-order valence-electron chi connectivity index (χ1n) is 5.07. The number of methoxy groups -OCH3 is 1. The molecule has 2 amide bonds. The highest BCUT2D eigenvalue weighted by Crippen LogP contribution is 2.22. The number of aromatic carboxylic acids is 1. The molecule has 104 valence electrons. The quantitative estimate of drug-likeness (QED) is 0.569. The molecule has 0 aliphatic rings. The van der Waals surface area contributed by atoms with E-state index in [1.165, 1.54) is 11.4 Å². The summed E-state index contributed by atoms with van der Waals surface area (Å²) >= 11 is 1.04. The Morgan fingerprint density at radius 2 is 2.16 bits per heavy atom. The monoisotopic (exact) mass is 288 g/mol. The maximum Gasteiger partial charge on any atom is 0.338 e. The number of ether oxygens (including phenoxy) is 1. The Morgan fingerprint density at radius 1 is 1.47 bits per heavy atom. The van der Waals surface area contributed by atoms with Crippen molar-refractivity contribution in [2.75, 3.05) is 19.0 Å². The molecule has 0 bridgehead atoms. The summed E-state index contributed by atoms with van der Waals surface area (Å²) in [5.74, 6) is -2.03. The Bertz CT molecular complexity index is 486. The Balaban J connectivity index is 2.50. The fourth-order valence-corrected chi connectivity index (χ4v) is 1.90. The number of anilines is 1. The molecule has 0 saturated carbocycles. The highest BCUT2D eigenvalue weighted by atomic mass is 32.1. The standard InChI is InChI=1S/C10H12N2O6S/c1-18-9(16)6(13)4-11-10(17)12-7-5(8(14)15)2-3-19-7/h2-3,6,13H,4H2,1H3,(H,14,15)(H2,11,12,17). The molecule has 0 aliphatic carbocycles. The SMILES string of the molecule is COC(=O)C(O)CNC(=O)Nc1sccc1C(=O)O. The minimum Gasteiger partial charge on any atom is -0.478 e. The lowest BCUT2D eigenvalue weighted by Crippen LogP contribution is -2.39. The number of carboxylic acid groups (broad SMARTS) is 1. The van der Waals surface area contributed by atoms with E-state index in [9.17, 15) is 19.5 Å². The highest BCUT2D eigenvalue weighted by Gasteiger charge is 2.17. The number of hydrogen-bond donors (Lipinski definition) is 4. The number of amides is 2. The highest BCUT2D eigenvalue weighted by molar-refractivity contribution is 7.14. The van der Waals surface area contributed by atoms with Crippen LogP contribution < -0.4 is 10.6 Å². The summed E-state index contributed by atoms with van der Waals surface area (Å²) in [5, 5.41) is 24.3. The van der Waals surface area contributed by atoms with Gasteiger partial charge in [0.15, 0.2) is 6.10 Å². The van der Waals surface area contributed by atoms with Crippen LogP contribution in [0.25, 0.3) is 0 Å². The van der Waals surface area contributed by atoms with Gasteiger partial charge in [-0.2, -0.15) is 0 Å². The summed E-state index contributed by atoms with van der Waals surface area (Å²) in [4.78, 5) is 33.1. The van der Waals surface area contributed by atoms with E-state index in [-0.39, 0.29) is 17.1 Å². The molecular formula is C10H12N2O6S. The van der Waals surface area contributed by atoms with Crippen LogP contribution in [-0.2, 0) is 9.53 Å². The molecule has 1 aromatic heterocycles. The Kier molecular flexibility index (Phi) is 5.27. The number of aliphatic hydroxyl groups excluding tert-OH is 1. The van der Waals surface area contributed by atoms with E-state index in [1.54, 1.807) is 0 Å². The van der Waals surface area contributed by atoms with Crippen LogP contribution in [0.2, 0.25) is 0 Å². The van der Waals surface area contributed by atoms with Gasteiger partial charge in [0.05, 0.1) is 19.2 Å². The van der Waals surface area contributed by atoms with Crippen LogP contribution in [0, 0.1) is 0 Å². The van der Waals surface area contributed by atoms with Gasteiger partial charge in [-0.1, -0.05) is 0 Å². The maximum absolute atomic E-state index is 11.4. The number of hydrogen-bond acceptors (Lipinski definition) is 6. The van der Waals surface area contributed by atoms with E-state index in [2.05, 4.69) is 15.4 Å². The van der Waals surface area contributed by atoms with Gasteiger partial charge in [0.25, 0.3) is 0 Å². The molecule has 9 heteroatoms. The number of thiophene rings is 1. The summed E-state index contributed by atoms with van der Waals surface area (Å²) in [6.07, 6.45) is -1.47. The molecule has 4 N–H and O–H groups in total. The largest absolute Gasteiger partial charge is 0.478 e. The number of carbonyl (C=O) groups is 3. The fraction of sp³-hybridized carbons (Fsp3) is 0.300. The van der Waals surface area contributed by atoms with E-state index in [4.69, 9.17) is 5.11 Å². The van der Waals surface area contributed by atoms with E-state index >= 15 is 0 Å². The van der Waals surface area contributed by atoms with Gasteiger partial charge in [0.1, 0.15) is 5.00 Å². The first-order chi connectivity index (χ1) is 8.95. The minimum absolute atomic E-state index is 0.0336. The van der Waals surface area contributed by atoms with Crippen LogP contribution in [0.4, 0.5) is 9.80 Å². The van der Waals surface area contributed by atoms with E-state index in [0.717, 1.165) is 18.4 Å². The van der Waals surface area contributed by atoms with Crippen LogP contribution in [-0.4, -0.2) is 47.9 Å². The third-order valence-corrected chi connectivity index (χ3v) is 2.88. The summed E-state index contributed by atoms with van der Waals surface area (Å²) in [7, 11) is 1.11. The number of nitrogens with one attached hydrogen (secondary N) is 2. The molecule has 1 atom stereocenters. The molecule has 1 rings (SSSR count). The van der Waals surface area contributed by atoms with E-state index in [0.29, 0.717) is 0 Å². The van der Waals surface area contributed by atoms with Crippen LogP contribution in [0.3, 0.4) is 0 Å². The third-order valence-electron chi connectivity index (χ3n) is 2.05. The second-order valence-electron chi connectivity index (χ2n) is 3.34. The van der Waals surface area contributed by atoms with Crippen molar-refractivity contribution in [3.63, 3.8) is 0 Å². The molecule has 0 aliphatic heterocycles. The number of urea groups is 1. The third kappa shape index (κ3) is 4.23. The van der Waals surface area contributed by atoms with Crippen molar-refractivity contribution < 1.29 is 29.3 Å². The number of rotatable bonds is 5. The van der Waals surface area contributed by atoms with Crippen LogP contribution in [0.1, 0.15) is 10.4 Å². The normalized spacial score (nSPS) is 11.5. The van der Waals surface area contributed by atoms with Crippen molar-refractivity contribution in [3.8, 4) is 0 Å². The minimum atomic E-state index is -1.47. The van der Waals surface area contributed by atoms with Crippen molar-refractivity contribution >= 4 is 34.3 Å². The lowest BCUT2D eigenvalue weighted by molar-refractivity contribution is -0.149. The average Bonchev–Trinajstić information content (AvgIpc) is 2.83. The Morgan fingerprint density at radius 3 is 2.74 bits per heavy atom. The van der Waals surface area contributed by atoms with Crippen molar-refractivity contribution in [2.45, 2.75) is 6.10 Å². The number of esters is 1. The molecule has 0 saturated heterocycles. The molecule has 19 heavy (non-hydrogen) atoms. The zero-order chi connectivity index (χ0) is 14.4. The molecular weight excluding hydrogens is 276 g/mol. The van der Waals surface area contributed by atoms with Gasteiger partial charge in [-0.3, -0.25) is 5.32 Å². The number of carbonyl (C=O) groups excluding carboxylic acids is 2. The van der Waals surface area contributed by atoms with Gasteiger partial charge in [-0.05, 0) is 11.4 Å². The van der Waals surface area contributed by atoms with Crippen molar-refractivity contribution in [1.29, 1.82) is 0 Å². The first-order valence-corrected chi connectivity index (χ1v) is 5.95. The van der Waals surface area contributed by atoms with E-state index in [1.807, 2.05) is 0 Å². The van der Waals surface area contributed by atoms with Gasteiger partial charge in [0.2, 0.25) is 0 Å². The van der Waals surface area contributed by atoms with Crippen LogP contribution in [0.15, 0.2) is 11.4 Å². The van der Waals surface area contributed by atoms with Crippen LogP contribution >= 0.6 is 11.3 Å². The Hall–Kier alpha value is -2.13. The molecule has 1 unspecified atom stereocenters. The van der Waals surface area contributed by atoms with Gasteiger partial charge in [-0.15, -0.1) is 11.3 Å². The molecule has 0 aromatic carbocycles. The lowest BCUT2D eigenvalue weighted by Gasteiger charge is -2.10. The van der Waals surface area contributed by atoms with Gasteiger partial charge < -0.3 is 20.3 Å². The summed E-state index contributed by atoms with van der Waals surface area (Å²) in [6, 6.07) is 0.624. The fourth-order valence-electron chi connectivity index (χ4n) is 1.13. The smallest absolute Gasteiger partial charge is 0.338 e. The first kappa shape index (κ1) is 14.9. The lowest BCUT2D eigenvalue weighted by atomic mass is 10.3. The van der Waals surface area contributed by atoms with Crippen molar-refractivity contribution in [1.82, 2.24) is 5.32 Å². The molecule has 0 spiro atoms. The zero-order valence-corrected chi connectivity index (χ0v) is 10.7. The zero-order valence-electron chi connectivity index (χ0n) is 9.87. The summed E-state index contributed by atoms with van der Waals surface area (Å²) < 4.78 is 4.26. The number of aliphatic hydroxyl groups is 1. The van der Waals surface area contributed by atoms with Crippen LogP contribution in [0.5, 0.6) is 0 Å². The second-order valence-corrected chi connectivity index (χ2v) is 4.26. The molecule has 1 aromatic rings. The number of carboxylic acids is 1. The summed E-state index contributed by atoms with van der Waals surface area (Å²) in [6.45, 7) is -0.341. The van der Waals surface area contributed by atoms with Gasteiger partial charge in [0, 0.05) is 0 Å². The average molecular weight is 288 g/mol. The van der Waals surface area contributed by atoms with Crippen molar-refractivity contribution in [2.24, 2.45) is 0 Å². The Labute approximate surface area is 112 Å². The predicted octanol–water partition coefficient (Wildman–Crippen LogP) is 0.102. The van der Waals surface area contributed by atoms with Gasteiger partial charge >= 0.3 is 18.0 Å². The van der Waals surface area contributed by atoms with Gasteiger partial charge in [-0.25, -0.2) is 14.4 Å². The summed E-state index contributed by atoms with van der Waals surface area (Å²) in [5.41, 5.74) is -0.0336. The molecule has 8 nitrogen and oxygen atoms in total. The molecule has 0 radical (unpaired) electrons. The van der Waals surface area contributed by atoms with E-state index < -0.39 is 24.1 Å². The second kappa shape index (κ2) is 6.71. The maximum atomic E-state index is 11.4. The molecule has 0 fully saturated rings.